The van der Waals surface area contributed by atoms with Gasteiger partial charge >= 0.3 is 0 Å². The minimum atomic E-state index is -0.0100. The molecule has 1 unspecified atom stereocenters. The number of nitrogens with zero attached hydrogens (tertiary/aromatic N) is 5. The van der Waals surface area contributed by atoms with Crippen molar-refractivity contribution >= 4 is 37.5 Å². The quantitative estimate of drug-likeness (QED) is 0.654. The first-order valence-electron chi connectivity index (χ1n) is 8.93. The molecule has 0 spiro atoms. The van der Waals surface area contributed by atoms with Crippen LogP contribution in [-0.2, 0) is 0 Å². The zero-order valence-corrected chi connectivity index (χ0v) is 16.4. The van der Waals surface area contributed by atoms with E-state index in [4.69, 9.17) is 0 Å². The molecule has 26 heavy (non-hydrogen) atoms. The number of anilines is 1. The van der Waals surface area contributed by atoms with Gasteiger partial charge in [0.25, 0.3) is 5.56 Å². The molecule has 3 heterocycles. The molecule has 0 fully saturated rings. The number of hydrogen-bond donors (Lipinski definition) is 0. The molecule has 3 rings (SSSR count). The molecule has 3 aromatic heterocycles. The van der Waals surface area contributed by atoms with Gasteiger partial charge in [0.05, 0.1) is 22.9 Å². The highest BCUT2D eigenvalue weighted by Gasteiger charge is 2.20. The Morgan fingerprint density at radius 2 is 2.15 bits per heavy atom. The van der Waals surface area contributed by atoms with Gasteiger partial charge in [-0.25, -0.2) is 9.97 Å². The van der Waals surface area contributed by atoms with E-state index in [-0.39, 0.29) is 11.6 Å². The van der Waals surface area contributed by atoms with Crippen LogP contribution in [0.4, 0.5) is 5.69 Å². The maximum atomic E-state index is 13.1. The average Bonchev–Trinajstić information content (AvgIpc) is 3.02. The summed E-state index contributed by atoms with van der Waals surface area (Å²) in [5.41, 5.74) is 1.88. The van der Waals surface area contributed by atoms with E-state index in [0.717, 1.165) is 36.8 Å². The molecule has 1 atom stereocenters. The van der Waals surface area contributed by atoms with Gasteiger partial charge in [-0.15, -0.1) is 11.3 Å². The lowest BCUT2D eigenvalue weighted by molar-refractivity contribution is 0.424. The van der Waals surface area contributed by atoms with Crippen LogP contribution in [-0.4, -0.2) is 28.6 Å². The van der Waals surface area contributed by atoms with Crippen molar-refractivity contribution in [3.8, 4) is 6.07 Å². The fourth-order valence-electron chi connectivity index (χ4n) is 3.27. The summed E-state index contributed by atoms with van der Waals surface area (Å²) in [7, 11) is 3.83. The minimum absolute atomic E-state index is 0.0100. The van der Waals surface area contributed by atoms with Crippen molar-refractivity contribution in [2.75, 3.05) is 19.0 Å². The number of aromatic nitrogens is 3. The molecule has 136 valence electrons. The van der Waals surface area contributed by atoms with Gasteiger partial charge in [0, 0.05) is 20.1 Å². The maximum Gasteiger partial charge on any atom is 0.271 e. The zero-order chi connectivity index (χ0) is 18.8. The Labute approximate surface area is 156 Å². The second-order valence-electron chi connectivity index (χ2n) is 6.65. The Morgan fingerprint density at radius 3 is 2.77 bits per heavy atom. The predicted molar refractivity (Wildman–Crippen MR) is 107 cm³/mol. The van der Waals surface area contributed by atoms with Gasteiger partial charge in [-0.2, -0.15) is 5.26 Å². The van der Waals surface area contributed by atoms with Crippen LogP contribution in [0.5, 0.6) is 0 Å². The van der Waals surface area contributed by atoms with Gasteiger partial charge in [0.15, 0.2) is 0 Å². The van der Waals surface area contributed by atoms with Crippen molar-refractivity contribution < 1.29 is 0 Å². The highest BCUT2D eigenvalue weighted by molar-refractivity contribution is 7.25. The average molecular weight is 369 g/mol. The Bertz CT molecular complexity index is 1040. The molecule has 0 saturated heterocycles. The number of rotatable bonds is 6. The number of thiophene rings is 1. The monoisotopic (exact) mass is 369 g/mol. The molecule has 0 bridgehead atoms. The first-order valence-corrected chi connectivity index (χ1v) is 9.75. The summed E-state index contributed by atoms with van der Waals surface area (Å²) < 4.78 is 2.39. The van der Waals surface area contributed by atoms with E-state index in [0.29, 0.717) is 20.7 Å². The first kappa shape index (κ1) is 18.3. The fraction of sp³-hybridized carbons (Fsp3) is 0.474. The van der Waals surface area contributed by atoms with Crippen LogP contribution in [0.2, 0.25) is 0 Å². The Morgan fingerprint density at radius 1 is 1.38 bits per heavy atom. The van der Waals surface area contributed by atoms with Crippen LogP contribution in [0.1, 0.15) is 51.3 Å². The molecule has 0 radical (unpaired) electrons. The van der Waals surface area contributed by atoms with E-state index >= 15 is 0 Å². The molecule has 0 aliphatic rings. The maximum absolute atomic E-state index is 13.1. The van der Waals surface area contributed by atoms with Gasteiger partial charge in [-0.1, -0.05) is 26.7 Å². The highest BCUT2D eigenvalue weighted by atomic mass is 32.1. The smallest absolute Gasteiger partial charge is 0.271 e. The number of unbranched alkanes of at least 4 members (excludes halogenated alkanes) is 1. The summed E-state index contributed by atoms with van der Waals surface area (Å²) in [5.74, 6) is 0. The number of hydrogen-bond acceptors (Lipinski definition) is 6. The molecule has 0 aliphatic heterocycles. The molecule has 3 aromatic rings. The molecular weight excluding hydrogens is 346 g/mol. The van der Waals surface area contributed by atoms with Gasteiger partial charge in [-0.05, 0) is 18.9 Å². The molecule has 0 saturated carbocycles. The lowest BCUT2D eigenvalue weighted by atomic mass is 10.1. The third-order valence-electron chi connectivity index (χ3n) is 4.71. The topological polar surface area (TPSA) is 74.8 Å². The second-order valence-corrected chi connectivity index (χ2v) is 7.65. The van der Waals surface area contributed by atoms with Crippen molar-refractivity contribution in [3.63, 3.8) is 0 Å². The van der Waals surface area contributed by atoms with E-state index in [1.807, 2.05) is 19.0 Å². The molecule has 0 aromatic carbocycles. The standard InChI is InChI=1S/C19H23N5OS/c1-5-7-8-13(6-2)24-11-21-16-15-14(23(3)4)9-12(10-20)22-18(15)26-17(16)19(24)25/h9,11,13H,5-8H2,1-4H3. The van der Waals surface area contributed by atoms with Crippen LogP contribution < -0.4 is 10.5 Å². The zero-order valence-electron chi connectivity index (χ0n) is 15.6. The molecule has 7 heteroatoms. The lowest BCUT2D eigenvalue weighted by Crippen LogP contribution is -2.24. The van der Waals surface area contributed by atoms with E-state index < -0.39 is 0 Å². The summed E-state index contributed by atoms with van der Waals surface area (Å²) >= 11 is 1.33. The van der Waals surface area contributed by atoms with Gasteiger partial charge < -0.3 is 4.90 Å². The van der Waals surface area contributed by atoms with Crippen molar-refractivity contribution in [2.24, 2.45) is 0 Å². The summed E-state index contributed by atoms with van der Waals surface area (Å²) in [6, 6.07) is 4.02. The molecular formula is C19H23N5OS. The minimum Gasteiger partial charge on any atom is -0.377 e. The lowest BCUT2D eigenvalue weighted by Gasteiger charge is -2.17. The number of nitriles is 1. The highest BCUT2D eigenvalue weighted by Crippen LogP contribution is 2.36. The molecule has 0 N–H and O–H groups in total. The van der Waals surface area contributed by atoms with Crippen molar-refractivity contribution in [2.45, 2.75) is 45.6 Å². The predicted octanol–water partition coefficient (Wildman–Crippen LogP) is 4.09. The van der Waals surface area contributed by atoms with Crippen molar-refractivity contribution in [3.05, 3.63) is 28.4 Å². The van der Waals surface area contributed by atoms with Crippen LogP contribution in [0.25, 0.3) is 20.4 Å². The second kappa shape index (κ2) is 7.42. The van der Waals surface area contributed by atoms with Gasteiger partial charge in [-0.3, -0.25) is 9.36 Å². The third-order valence-corrected chi connectivity index (χ3v) is 5.77. The van der Waals surface area contributed by atoms with Gasteiger partial charge in [0.2, 0.25) is 0 Å². The number of pyridine rings is 1. The largest absolute Gasteiger partial charge is 0.377 e. The fourth-order valence-corrected chi connectivity index (χ4v) is 4.36. The summed E-state index contributed by atoms with van der Waals surface area (Å²) in [6.45, 7) is 4.26. The molecule has 6 nitrogen and oxygen atoms in total. The Kier molecular flexibility index (Phi) is 5.23. The normalized spacial score (nSPS) is 12.4. The molecule has 0 aliphatic carbocycles. The molecule has 0 amide bonds. The van der Waals surface area contributed by atoms with Crippen LogP contribution >= 0.6 is 11.3 Å². The summed E-state index contributed by atoms with van der Waals surface area (Å²) in [4.78, 5) is 24.8. The van der Waals surface area contributed by atoms with Gasteiger partial charge in [0.1, 0.15) is 21.3 Å². The van der Waals surface area contributed by atoms with Crippen LogP contribution in [0.15, 0.2) is 17.2 Å². The summed E-state index contributed by atoms with van der Waals surface area (Å²) in [5, 5.41) is 10.1. The van der Waals surface area contributed by atoms with Crippen LogP contribution in [0, 0.1) is 11.3 Å². The van der Waals surface area contributed by atoms with E-state index in [1.165, 1.54) is 11.3 Å². The number of fused-ring (bicyclic) bond motifs is 3. The summed E-state index contributed by atoms with van der Waals surface area (Å²) in [6.07, 6.45) is 5.75. The Hall–Kier alpha value is -2.46. The van der Waals surface area contributed by atoms with E-state index in [9.17, 15) is 10.1 Å². The SMILES string of the molecule is CCCCC(CC)n1cnc2c(sc3nc(C#N)cc(N(C)C)c32)c1=O. The van der Waals surface area contributed by atoms with Crippen molar-refractivity contribution in [1.29, 1.82) is 5.26 Å². The third kappa shape index (κ3) is 3.06. The first-order chi connectivity index (χ1) is 12.5. The van der Waals surface area contributed by atoms with Crippen molar-refractivity contribution in [1.82, 2.24) is 14.5 Å². The van der Waals surface area contributed by atoms with Crippen LogP contribution in [0.3, 0.4) is 0 Å². The Balaban J connectivity index is 2.27. The van der Waals surface area contributed by atoms with E-state index in [2.05, 4.69) is 29.9 Å². The van der Waals surface area contributed by atoms with E-state index in [1.54, 1.807) is 17.0 Å².